The molecule has 1 aromatic rings. The van der Waals surface area contributed by atoms with E-state index in [1.807, 2.05) is 34.6 Å². The number of aryl methyl sites for hydroxylation is 2. The van der Waals surface area contributed by atoms with Crippen molar-refractivity contribution in [1.29, 1.82) is 0 Å². The van der Waals surface area contributed by atoms with Crippen LogP contribution in [0.1, 0.15) is 43.8 Å². The minimum absolute atomic E-state index is 0.0490. The molecule has 0 aliphatic carbocycles. The predicted octanol–water partition coefficient (Wildman–Crippen LogP) is 1.34. The van der Waals surface area contributed by atoms with Gasteiger partial charge in [-0.3, -0.25) is 9.59 Å². The molecular weight excluding hydrogens is 258 g/mol. The van der Waals surface area contributed by atoms with Gasteiger partial charge in [0.25, 0.3) is 0 Å². The average molecular weight is 279 g/mol. The first-order valence-electron chi connectivity index (χ1n) is 6.85. The standard InChI is InChI=1S/C14H21N3O3/c1-7(2)13-14(19)17(6-11(18)15-13)9(4)12-8(3)16-20-10(12)5/h7,9,13H,6H2,1-5H3,(H,15,18). The topological polar surface area (TPSA) is 75.4 Å². The third-order valence-electron chi connectivity index (χ3n) is 3.82. The minimum Gasteiger partial charge on any atom is -0.361 e. The van der Waals surface area contributed by atoms with Crippen LogP contribution in [-0.4, -0.2) is 34.5 Å². The van der Waals surface area contributed by atoms with Gasteiger partial charge in [0, 0.05) is 5.56 Å². The molecule has 0 saturated carbocycles. The van der Waals surface area contributed by atoms with Crippen molar-refractivity contribution < 1.29 is 14.1 Å². The molecule has 2 rings (SSSR count). The van der Waals surface area contributed by atoms with Crippen molar-refractivity contribution in [2.24, 2.45) is 5.92 Å². The Balaban J connectivity index is 2.31. The predicted molar refractivity (Wildman–Crippen MR) is 72.9 cm³/mol. The van der Waals surface area contributed by atoms with Crippen LogP contribution in [0.5, 0.6) is 0 Å². The van der Waals surface area contributed by atoms with Crippen molar-refractivity contribution in [3.8, 4) is 0 Å². The molecule has 20 heavy (non-hydrogen) atoms. The quantitative estimate of drug-likeness (QED) is 0.906. The molecule has 1 aromatic heterocycles. The largest absolute Gasteiger partial charge is 0.361 e. The maximum absolute atomic E-state index is 12.5. The third kappa shape index (κ3) is 2.42. The Hall–Kier alpha value is -1.85. The third-order valence-corrected chi connectivity index (χ3v) is 3.82. The van der Waals surface area contributed by atoms with Crippen molar-refractivity contribution >= 4 is 11.8 Å². The fourth-order valence-corrected chi connectivity index (χ4v) is 2.71. The molecule has 1 fully saturated rings. The normalized spacial score (nSPS) is 21.3. The maximum Gasteiger partial charge on any atom is 0.246 e. The summed E-state index contributed by atoms with van der Waals surface area (Å²) in [5.74, 6) is 0.579. The molecule has 6 heteroatoms. The van der Waals surface area contributed by atoms with Gasteiger partial charge in [-0.05, 0) is 26.7 Å². The molecule has 6 nitrogen and oxygen atoms in total. The molecule has 0 spiro atoms. The lowest BCUT2D eigenvalue weighted by Crippen LogP contribution is -2.60. The van der Waals surface area contributed by atoms with Crippen LogP contribution >= 0.6 is 0 Å². The monoisotopic (exact) mass is 279 g/mol. The summed E-state index contributed by atoms with van der Waals surface area (Å²) >= 11 is 0. The average Bonchev–Trinajstić information content (AvgIpc) is 2.70. The van der Waals surface area contributed by atoms with Gasteiger partial charge >= 0.3 is 0 Å². The Morgan fingerprint density at radius 2 is 1.95 bits per heavy atom. The number of carbonyl (C=O) groups excluding carboxylic acids is 2. The molecule has 110 valence electrons. The van der Waals surface area contributed by atoms with Crippen molar-refractivity contribution in [2.45, 2.75) is 46.7 Å². The molecule has 0 aromatic carbocycles. The Labute approximate surface area is 118 Å². The van der Waals surface area contributed by atoms with E-state index in [9.17, 15) is 9.59 Å². The summed E-state index contributed by atoms with van der Waals surface area (Å²) in [7, 11) is 0. The van der Waals surface area contributed by atoms with Crippen LogP contribution in [0.25, 0.3) is 0 Å². The zero-order valence-corrected chi connectivity index (χ0v) is 12.6. The van der Waals surface area contributed by atoms with Gasteiger partial charge in [0.15, 0.2) is 0 Å². The second-order valence-electron chi connectivity index (χ2n) is 5.67. The second kappa shape index (κ2) is 5.26. The fraction of sp³-hybridized carbons (Fsp3) is 0.643. The zero-order valence-electron chi connectivity index (χ0n) is 12.6. The first-order valence-corrected chi connectivity index (χ1v) is 6.85. The molecule has 1 aliphatic rings. The summed E-state index contributed by atoms with van der Waals surface area (Å²) < 4.78 is 5.16. The first kappa shape index (κ1) is 14.6. The zero-order chi connectivity index (χ0) is 15.0. The van der Waals surface area contributed by atoms with Crippen LogP contribution in [-0.2, 0) is 9.59 Å². The molecule has 2 unspecified atom stereocenters. The molecule has 1 saturated heterocycles. The number of rotatable bonds is 3. The van der Waals surface area contributed by atoms with E-state index in [0.29, 0.717) is 5.76 Å². The number of carbonyl (C=O) groups is 2. The van der Waals surface area contributed by atoms with E-state index in [4.69, 9.17) is 4.52 Å². The Morgan fingerprint density at radius 1 is 1.30 bits per heavy atom. The van der Waals surface area contributed by atoms with E-state index in [0.717, 1.165) is 11.3 Å². The second-order valence-corrected chi connectivity index (χ2v) is 5.67. The highest BCUT2D eigenvalue weighted by Crippen LogP contribution is 2.28. The molecule has 0 radical (unpaired) electrons. The van der Waals surface area contributed by atoms with Crippen molar-refractivity contribution in [3.63, 3.8) is 0 Å². The highest BCUT2D eigenvalue weighted by atomic mass is 16.5. The number of hydrogen-bond donors (Lipinski definition) is 1. The molecule has 1 N–H and O–H groups in total. The number of piperazine rings is 1. The van der Waals surface area contributed by atoms with Crippen LogP contribution in [0.3, 0.4) is 0 Å². The van der Waals surface area contributed by atoms with Gasteiger partial charge in [-0.25, -0.2) is 0 Å². The Bertz CT molecular complexity index is 516. The van der Waals surface area contributed by atoms with Gasteiger partial charge in [0.05, 0.1) is 11.7 Å². The van der Waals surface area contributed by atoms with Gasteiger partial charge in [-0.15, -0.1) is 0 Å². The lowest BCUT2D eigenvalue weighted by Gasteiger charge is -2.37. The van der Waals surface area contributed by atoms with Gasteiger partial charge in [-0.1, -0.05) is 19.0 Å². The molecule has 1 aliphatic heterocycles. The van der Waals surface area contributed by atoms with Gasteiger partial charge in [-0.2, -0.15) is 0 Å². The molecule has 0 bridgehead atoms. The van der Waals surface area contributed by atoms with Gasteiger partial charge in [0.2, 0.25) is 11.8 Å². The molecular formula is C14H21N3O3. The van der Waals surface area contributed by atoms with Crippen molar-refractivity contribution in [2.75, 3.05) is 6.54 Å². The van der Waals surface area contributed by atoms with Gasteiger partial charge in [0.1, 0.15) is 18.3 Å². The SMILES string of the molecule is Cc1noc(C)c1C(C)N1CC(=O)NC(C(C)C)C1=O. The first-order chi connectivity index (χ1) is 9.32. The highest BCUT2D eigenvalue weighted by Gasteiger charge is 2.38. The number of amides is 2. The van der Waals surface area contributed by atoms with E-state index < -0.39 is 6.04 Å². The van der Waals surface area contributed by atoms with Crippen LogP contribution in [0.4, 0.5) is 0 Å². The lowest BCUT2D eigenvalue weighted by atomic mass is 9.97. The smallest absolute Gasteiger partial charge is 0.246 e. The fourth-order valence-electron chi connectivity index (χ4n) is 2.71. The van der Waals surface area contributed by atoms with E-state index >= 15 is 0 Å². The summed E-state index contributed by atoms with van der Waals surface area (Å²) in [5.41, 5.74) is 1.64. The minimum atomic E-state index is -0.459. The van der Waals surface area contributed by atoms with Gasteiger partial charge < -0.3 is 14.7 Å². The summed E-state index contributed by atoms with van der Waals surface area (Å²) in [6.07, 6.45) is 0. The summed E-state index contributed by atoms with van der Waals surface area (Å²) in [4.78, 5) is 26.0. The van der Waals surface area contributed by atoms with E-state index in [1.54, 1.807) is 4.90 Å². The summed E-state index contributed by atoms with van der Waals surface area (Å²) in [6.45, 7) is 9.49. The Kier molecular flexibility index (Phi) is 3.83. The summed E-state index contributed by atoms with van der Waals surface area (Å²) in [5, 5.41) is 6.67. The number of nitrogens with zero attached hydrogens (tertiary/aromatic N) is 2. The van der Waals surface area contributed by atoms with E-state index in [1.165, 1.54) is 0 Å². The summed E-state index contributed by atoms with van der Waals surface area (Å²) in [6, 6.07) is -0.680. The number of hydrogen-bond acceptors (Lipinski definition) is 4. The van der Waals surface area contributed by atoms with Crippen molar-refractivity contribution in [3.05, 3.63) is 17.0 Å². The molecule has 2 heterocycles. The number of aromatic nitrogens is 1. The lowest BCUT2D eigenvalue weighted by molar-refractivity contribution is -0.147. The van der Waals surface area contributed by atoms with E-state index in [2.05, 4.69) is 10.5 Å². The number of nitrogens with one attached hydrogen (secondary N) is 1. The Morgan fingerprint density at radius 3 is 2.45 bits per heavy atom. The van der Waals surface area contributed by atoms with Crippen LogP contribution in [0.15, 0.2) is 4.52 Å². The van der Waals surface area contributed by atoms with Crippen LogP contribution in [0.2, 0.25) is 0 Å². The van der Waals surface area contributed by atoms with Crippen LogP contribution in [0, 0.1) is 19.8 Å². The molecule has 2 atom stereocenters. The molecule has 2 amide bonds. The van der Waals surface area contributed by atoms with Crippen molar-refractivity contribution in [1.82, 2.24) is 15.4 Å². The van der Waals surface area contributed by atoms with Crippen LogP contribution < -0.4 is 5.32 Å². The maximum atomic E-state index is 12.5. The highest BCUT2D eigenvalue weighted by molar-refractivity contribution is 5.95. The van der Waals surface area contributed by atoms with E-state index in [-0.39, 0.29) is 30.3 Å².